The van der Waals surface area contributed by atoms with E-state index in [1.54, 1.807) is 0 Å². The predicted octanol–water partition coefficient (Wildman–Crippen LogP) is 1.20. The largest absolute Gasteiger partial charge is 0.467 e. The van der Waals surface area contributed by atoms with Crippen LogP contribution in [-0.4, -0.2) is 53.6 Å². The van der Waals surface area contributed by atoms with Crippen LogP contribution in [0.25, 0.3) is 0 Å². The van der Waals surface area contributed by atoms with Gasteiger partial charge in [-0.05, 0) is 6.42 Å². The molecule has 0 aromatic rings. The van der Waals surface area contributed by atoms with Crippen LogP contribution in [0.2, 0.25) is 0 Å². The van der Waals surface area contributed by atoms with Gasteiger partial charge in [0.2, 0.25) is 0 Å². The molecule has 1 rings (SSSR count). The fourth-order valence-electron chi connectivity index (χ4n) is 1.89. The van der Waals surface area contributed by atoms with Gasteiger partial charge < -0.3 is 9.47 Å². The number of likely N-dealkylation sites (tertiary alicyclic amines) is 1. The van der Waals surface area contributed by atoms with E-state index in [-0.39, 0.29) is 17.0 Å². The van der Waals surface area contributed by atoms with Crippen molar-refractivity contribution in [3.63, 3.8) is 0 Å². The third kappa shape index (κ3) is 4.27. The summed E-state index contributed by atoms with van der Waals surface area (Å²) in [6.45, 7) is 5.27. The Morgan fingerprint density at radius 3 is 2.68 bits per heavy atom. The molecule has 0 N–H and O–H groups in total. The molecule has 2 atom stereocenters. The molecule has 0 aromatic carbocycles. The molecule has 1 aliphatic heterocycles. The van der Waals surface area contributed by atoms with E-state index in [2.05, 4.69) is 11.3 Å². The molecular formula is C12H17NO5S. The van der Waals surface area contributed by atoms with Crippen molar-refractivity contribution in [2.24, 2.45) is 0 Å². The molecule has 1 amide bonds. The van der Waals surface area contributed by atoms with E-state index >= 15 is 0 Å². The number of rotatable bonds is 4. The molecule has 1 fully saturated rings. The highest BCUT2D eigenvalue weighted by Gasteiger charge is 2.41. The van der Waals surface area contributed by atoms with Gasteiger partial charge in [-0.3, -0.25) is 9.69 Å². The molecule has 0 aliphatic carbocycles. The standard InChI is InChI=1S/C12H17NO5S/c1-4-5-18-12(16)13-7-9(19-8(2)14)6-10(13)11(15)17-3/h4,9-10H,1,5-7H2,2-3H3/t9-,10-/m0/s1. The molecule has 1 aliphatic rings. The minimum absolute atomic E-state index is 0.0464. The molecule has 0 unspecified atom stereocenters. The van der Waals surface area contributed by atoms with Gasteiger partial charge in [0.05, 0.1) is 7.11 Å². The number of nitrogens with zero attached hydrogens (tertiary/aromatic N) is 1. The first-order valence-corrected chi connectivity index (χ1v) is 6.66. The molecule has 0 bridgehead atoms. The van der Waals surface area contributed by atoms with Gasteiger partial charge in [-0.1, -0.05) is 24.4 Å². The number of carbonyl (C=O) groups is 3. The summed E-state index contributed by atoms with van der Waals surface area (Å²) in [6, 6.07) is -0.695. The lowest BCUT2D eigenvalue weighted by Gasteiger charge is -2.21. The predicted molar refractivity (Wildman–Crippen MR) is 70.7 cm³/mol. The molecular weight excluding hydrogens is 270 g/mol. The van der Waals surface area contributed by atoms with Crippen LogP contribution >= 0.6 is 11.8 Å². The van der Waals surface area contributed by atoms with E-state index in [0.29, 0.717) is 13.0 Å². The number of ether oxygens (including phenoxy) is 2. The maximum atomic E-state index is 11.8. The Morgan fingerprint density at radius 2 is 2.16 bits per heavy atom. The Balaban J connectivity index is 2.73. The van der Waals surface area contributed by atoms with E-state index in [9.17, 15) is 14.4 Å². The van der Waals surface area contributed by atoms with Crippen molar-refractivity contribution >= 4 is 28.9 Å². The van der Waals surface area contributed by atoms with Crippen molar-refractivity contribution < 1.29 is 23.9 Å². The second-order valence-corrected chi connectivity index (χ2v) is 5.50. The summed E-state index contributed by atoms with van der Waals surface area (Å²) in [5.41, 5.74) is 0. The number of hydrogen-bond donors (Lipinski definition) is 0. The third-order valence-electron chi connectivity index (χ3n) is 2.63. The van der Waals surface area contributed by atoms with Crippen LogP contribution in [0.5, 0.6) is 0 Å². The third-order valence-corrected chi connectivity index (χ3v) is 3.63. The normalized spacial score (nSPS) is 21.9. The van der Waals surface area contributed by atoms with Crippen LogP contribution in [0.1, 0.15) is 13.3 Å². The molecule has 1 heterocycles. The van der Waals surface area contributed by atoms with Crippen molar-refractivity contribution in [2.75, 3.05) is 20.3 Å². The highest BCUT2D eigenvalue weighted by Crippen LogP contribution is 2.29. The minimum Gasteiger partial charge on any atom is -0.467 e. The first-order chi connectivity index (χ1) is 8.99. The summed E-state index contributed by atoms with van der Waals surface area (Å²) in [4.78, 5) is 35.9. The van der Waals surface area contributed by atoms with Crippen molar-refractivity contribution in [3.05, 3.63) is 12.7 Å². The smallest absolute Gasteiger partial charge is 0.410 e. The quantitative estimate of drug-likeness (QED) is 0.571. The SMILES string of the molecule is C=CCOC(=O)N1C[C@@H](SC(C)=O)C[C@H]1C(=O)OC. The number of hydrogen-bond acceptors (Lipinski definition) is 6. The summed E-state index contributed by atoms with van der Waals surface area (Å²) >= 11 is 1.12. The molecule has 0 spiro atoms. The Kier molecular flexibility index (Phi) is 5.88. The number of amides is 1. The number of esters is 1. The monoisotopic (exact) mass is 287 g/mol. The van der Waals surface area contributed by atoms with Crippen molar-refractivity contribution in [1.29, 1.82) is 0 Å². The van der Waals surface area contributed by atoms with Gasteiger partial charge in [0.1, 0.15) is 12.6 Å². The lowest BCUT2D eigenvalue weighted by atomic mass is 10.2. The maximum absolute atomic E-state index is 11.8. The Morgan fingerprint density at radius 1 is 1.47 bits per heavy atom. The average Bonchev–Trinajstić information content (AvgIpc) is 2.77. The summed E-state index contributed by atoms with van der Waals surface area (Å²) in [7, 11) is 1.26. The fraction of sp³-hybridized carbons (Fsp3) is 0.583. The highest BCUT2D eigenvalue weighted by molar-refractivity contribution is 8.14. The van der Waals surface area contributed by atoms with Crippen LogP contribution < -0.4 is 0 Å². The fourth-order valence-corrected chi connectivity index (χ4v) is 2.87. The molecule has 0 aromatic heterocycles. The van der Waals surface area contributed by atoms with E-state index in [1.807, 2.05) is 0 Å². The topological polar surface area (TPSA) is 72.9 Å². The van der Waals surface area contributed by atoms with Gasteiger partial charge in [-0.25, -0.2) is 9.59 Å². The van der Waals surface area contributed by atoms with E-state index < -0.39 is 18.1 Å². The summed E-state index contributed by atoms with van der Waals surface area (Å²) in [5, 5.41) is -0.159. The number of methoxy groups -OCH3 is 1. The molecule has 7 heteroatoms. The van der Waals surface area contributed by atoms with Crippen LogP contribution in [0, 0.1) is 0 Å². The number of thioether (sulfide) groups is 1. The second-order valence-electron chi connectivity index (χ2n) is 4.02. The molecule has 19 heavy (non-hydrogen) atoms. The zero-order chi connectivity index (χ0) is 14.4. The van der Waals surface area contributed by atoms with E-state index in [0.717, 1.165) is 11.8 Å². The van der Waals surface area contributed by atoms with Gasteiger partial charge in [0.25, 0.3) is 0 Å². The molecule has 1 saturated heterocycles. The van der Waals surface area contributed by atoms with E-state index in [4.69, 9.17) is 4.74 Å². The summed E-state index contributed by atoms with van der Waals surface area (Å²) in [6.07, 6.45) is 1.24. The first kappa shape index (κ1) is 15.6. The Hall–Kier alpha value is -1.50. The summed E-state index contributed by atoms with van der Waals surface area (Å²) in [5.74, 6) is -0.498. The second kappa shape index (κ2) is 7.18. The Labute approximate surface area is 116 Å². The van der Waals surface area contributed by atoms with Crippen LogP contribution in [0.3, 0.4) is 0 Å². The van der Waals surface area contributed by atoms with Crippen LogP contribution in [0.15, 0.2) is 12.7 Å². The van der Waals surface area contributed by atoms with E-state index in [1.165, 1.54) is 25.0 Å². The summed E-state index contributed by atoms with van der Waals surface area (Å²) < 4.78 is 9.59. The van der Waals surface area contributed by atoms with Crippen molar-refractivity contribution in [1.82, 2.24) is 4.90 Å². The lowest BCUT2D eigenvalue weighted by Crippen LogP contribution is -2.41. The zero-order valence-electron chi connectivity index (χ0n) is 11.0. The van der Waals surface area contributed by atoms with Gasteiger partial charge in [0, 0.05) is 18.7 Å². The Bertz CT molecular complexity index is 384. The van der Waals surface area contributed by atoms with Gasteiger partial charge >= 0.3 is 12.1 Å². The molecule has 106 valence electrons. The van der Waals surface area contributed by atoms with Gasteiger partial charge in [-0.2, -0.15) is 0 Å². The maximum Gasteiger partial charge on any atom is 0.410 e. The van der Waals surface area contributed by atoms with Gasteiger partial charge in [0.15, 0.2) is 5.12 Å². The highest BCUT2D eigenvalue weighted by atomic mass is 32.2. The molecule has 6 nitrogen and oxygen atoms in total. The van der Waals surface area contributed by atoms with Crippen LogP contribution in [-0.2, 0) is 19.1 Å². The zero-order valence-corrected chi connectivity index (χ0v) is 11.8. The molecule has 0 radical (unpaired) electrons. The lowest BCUT2D eigenvalue weighted by molar-refractivity contribution is -0.145. The first-order valence-electron chi connectivity index (χ1n) is 5.79. The minimum atomic E-state index is -0.695. The van der Waals surface area contributed by atoms with Crippen molar-refractivity contribution in [3.8, 4) is 0 Å². The number of carbonyl (C=O) groups excluding carboxylic acids is 3. The van der Waals surface area contributed by atoms with Crippen LogP contribution in [0.4, 0.5) is 4.79 Å². The van der Waals surface area contributed by atoms with Crippen molar-refractivity contribution in [2.45, 2.75) is 24.6 Å². The average molecular weight is 287 g/mol. The van der Waals surface area contributed by atoms with Gasteiger partial charge in [-0.15, -0.1) is 0 Å². The molecule has 0 saturated carbocycles.